The molecule has 0 saturated carbocycles. The van der Waals surface area contributed by atoms with Crippen LogP contribution in [0, 0.1) is 6.92 Å². The van der Waals surface area contributed by atoms with Gasteiger partial charge in [-0.1, -0.05) is 17.7 Å². The minimum atomic E-state index is -0.207. The highest BCUT2D eigenvalue weighted by atomic mass is 35.5. The van der Waals surface area contributed by atoms with Crippen LogP contribution < -0.4 is 0 Å². The van der Waals surface area contributed by atoms with Gasteiger partial charge in [0.15, 0.2) is 5.82 Å². The maximum absolute atomic E-state index is 5.97. The van der Waals surface area contributed by atoms with Gasteiger partial charge in [0.05, 0.1) is 11.1 Å². The highest BCUT2D eigenvalue weighted by molar-refractivity contribution is 6.20. The monoisotopic (exact) mass is 222 g/mol. The van der Waals surface area contributed by atoms with Crippen LogP contribution in [0.25, 0.3) is 5.69 Å². The van der Waals surface area contributed by atoms with Gasteiger partial charge in [-0.3, -0.25) is 0 Å². The van der Waals surface area contributed by atoms with Gasteiger partial charge < -0.3 is 0 Å². The summed E-state index contributed by atoms with van der Waals surface area (Å²) in [7, 11) is 0. The van der Waals surface area contributed by atoms with Gasteiger partial charge in [-0.05, 0) is 36.4 Å². The van der Waals surface area contributed by atoms with Gasteiger partial charge in [-0.15, -0.1) is 16.7 Å². The van der Waals surface area contributed by atoms with Crippen LogP contribution in [0.3, 0.4) is 0 Å². The van der Waals surface area contributed by atoms with E-state index in [-0.39, 0.29) is 5.38 Å². The SMILES string of the molecule is Cc1ccc(-n2nnnc2C(C)Cl)cc1. The van der Waals surface area contributed by atoms with E-state index in [0.717, 1.165) is 5.69 Å². The van der Waals surface area contributed by atoms with Crippen molar-refractivity contribution in [1.29, 1.82) is 0 Å². The summed E-state index contributed by atoms with van der Waals surface area (Å²) in [5, 5.41) is 11.2. The van der Waals surface area contributed by atoms with Gasteiger partial charge in [0.2, 0.25) is 0 Å². The fourth-order valence-electron chi connectivity index (χ4n) is 1.31. The topological polar surface area (TPSA) is 43.6 Å². The molecule has 1 unspecified atom stereocenters. The van der Waals surface area contributed by atoms with Crippen LogP contribution >= 0.6 is 11.6 Å². The molecular formula is C10H11ClN4. The Morgan fingerprint density at radius 2 is 1.93 bits per heavy atom. The number of nitrogens with zero attached hydrogens (tertiary/aromatic N) is 4. The smallest absolute Gasteiger partial charge is 0.174 e. The number of benzene rings is 1. The van der Waals surface area contributed by atoms with Crippen LogP contribution in [-0.2, 0) is 0 Å². The first kappa shape index (κ1) is 10.1. The molecule has 2 rings (SSSR count). The molecule has 78 valence electrons. The number of rotatable bonds is 2. The Balaban J connectivity index is 2.45. The molecule has 1 atom stereocenters. The van der Waals surface area contributed by atoms with E-state index >= 15 is 0 Å². The summed E-state index contributed by atoms with van der Waals surface area (Å²) >= 11 is 5.97. The fourth-order valence-corrected chi connectivity index (χ4v) is 1.45. The van der Waals surface area contributed by atoms with Crippen molar-refractivity contribution in [1.82, 2.24) is 20.2 Å². The molecule has 15 heavy (non-hydrogen) atoms. The zero-order chi connectivity index (χ0) is 10.8. The summed E-state index contributed by atoms with van der Waals surface area (Å²) in [5.41, 5.74) is 2.13. The molecule has 1 aromatic carbocycles. The van der Waals surface area contributed by atoms with Crippen LogP contribution in [0.15, 0.2) is 24.3 Å². The summed E-state index contributed by atoms with van der Waals surface area (Å²) in [6.07, 6.45) is 0. The summed E-state index contributed by atoms with van der Waals surface area (Å²) < 4.78 is 1.65. The van der Waals surface area contributed by atoms with Crippen molar-refractivity contribution in [2.75, 3.05) is 0 Å². The highest BCUT2D eigenvalue weighted by Gasteiger charge is 2.12. The van der Waals surface area contributed by atoms with E-state index in [2.05, 4.69) is 15.5 Å². The predicted octanol–water partition coefficient (Wildman–Crippen LogP) is 2.27. The molecule has 0 bridgehead atoms. The zero-order valence-corrected chi connectivity index (χ0v) is 9.31. The maximum atomic E-state index is 5.97. The number of hydrogen-bond donors (Lipinski definition) is 0. The molecule has 0 aliphatic rings. The summed E-state index contributed by atoms with van der Waals surface area (Å²) in [6.45, 7) is 3.88. The lowest BCUT2D eigenvalue weighted by Crippen LogP contribution is -2.03. The Labute approximate surface area is 92.9 Å². The van der Waals surface area contributed by atoms with E-state index in [0.29, 0.717) is 5.82 Å². The average Bonchev–Trinajstić information content (AvgIpc) is 2.67. The largest absolute Gasteiger partial charge is 0.196 e. The summed E-state index contributed by atoms with van der Waals surface area (Å²) in [4.78, 5) is 0. The quantitative estimate of drug-likeness (QED) is 0.733. The Hall–Kier alpha value is -1.42. The van der Waals surface area contributed by atoms with E-state index in [4.69, 9.17) is 11.6 Å². The van der Waals surface area contributed by atoms with Crippen molar-refractivity contribution in [3.05, 3.63) is 35.7 Å². The van der Waals surface area contributed by atoms with E-state index in [1.165, 1.54) is 5.56 Å². The van der Waals surface area contributed by atoms with Crippen LogP contribution in [0.2, 0.25) is 0 Å². The normalized spacial score (nSPS) is 12.7. The molecular weight excluding hydrogens is 212 g/mol. The third-order valence-electron chi connectivity index (χ3n) is 2.13. The van der Waals surface area contributed by atoms with E-state index in [9.17, 15) is 0 Å². The number of alkyl halides is 1. The molecule has 0 radical (unpaired) electrons. The number of aromatic nitrogens is 4. The molecule has 0 saturated heterocycles. The Bertz CT molecular complexity index is 447. The zero-order valence-electron chi connectivity index (χ0n) is 8.55. The third kappa shape index (κ3) is 1.99. The average molecular weight is 223 g/mol. The minimum Gasteiger partial charge on any atom is -0.196 e. The molecule has 0 aliphatic carbocycles. The predicted molar refractivity (Wildman–Crippen MR) is 58.2 cm³/mol. The third-order valence-corrected chi connectivity index (χ3v) is 2.32. The number of aryl methyl sites for hydroxylation is 1. The van der Waals surface area contributed by atoms with Gasteiger partial charge in [0.25, 0.3) is 0 Å². The highest BCUT2D eigenvalue weighted by Crippen LogP contribution is 2.18. The first-order chi connectivity index (χ1) is 7.18. The van der Waals surface area contributed by atoms with Crippen LogP contribution in [0.1, 0.15) is 23.7 Å². The molecule has 0 N–H and O–H groups in total. The van der Waals surface area contributed by atoms with Crippen molar-refractivity contribution in [2.24, 2.45) is 0 Å². The summed E-state index contributed by atoms with van der Waals surface area (Å²) in [5.74, 6) is 0.653. The van der Waals surface area contributed by atoms with E-state index < -0.39 is 0 Å². The number of halogens is 1. The second-order valence-corrected chi connectivity index (χ2v) is 4.06. The van der Waals surface area contributed by atoms with Crippen molar-refractivity contribution < 1.29 is 0 Å². The molecule has 5 heteroatoms. The van der Waals surface area contributed by atoms with Gasteiger partial charge in [-0.25, -0.2) is 0 Å². The van der Waals surface area contributed by atoms with Crippen LogP contribution in [-0.4, -0.2) is 20.2 Å². The molecule has 0 aliphatic heterocycles. The van der Waals surface area contributed by atoms with Crippen molar-refractivity contribution >= 4 is 11.6 Å². The molecule has 2 aromatic rings. The van der Waals surface area contributed by atoms with Crippen molar-refractivity contribution in [2.45, 2.75) is 19.2 Å². The number of tetrazole rings is 1. The Morgan fingerprint density at radius 1 is 1.27 bits per heavy atom. The molecule has 1 aromatic heterocycles. The van der Waals surface area contributed by atoms with Gasteiger partial charge in [0.1, 0.15) is 0 Å². The lowest BCUT2D eigenvalue weighted by atomic mass is 10.2. The Morgan fingerprint density at radius 3 is 2.53 bits per heavy atom. The first-order valence-electron chi connectivity index (χ1n) is 4.68. The fraction of sp³-hybridized carbons (Fsp3) is 0.300. The first-order valence-corrected chi connectivity index (χ1v) is 5.11. The molecule has 0 amide bonds. The molecule has 0 spiro atoms. The van der Waals surface area contributed by atoms with Crippen molar-refractivity contribution in [3.63, 3.8) is 0 Å². The van der Waals surface area contributed by atoms with E-state index in [1.807, 2.05) is 38.1 Å². The summed E-state index contributed by atoms with van der Waals surface area (Å²) in [6, 6.07) is 7.96. The maximum Gasteiger partial charge on any atom is 0.174 e. The Kier molecular flexibility index (Phi) is 2.68. The van der Waals surface area contributed by atoms with Gasteiger partial charge >= 0.3 is 0 Å². The second kappa shape index (κ2) is 3.98. The molecule has 4 nitrogen and oxygen atoms in total. The lowest BCUT2D eigenvalue weighted by molar-refractivity contribution is 0.760. The molecule has 1 heterocycles. The van der Waals surface area contributed by atoms with Crippen LogP contribution in [0.5, 0.6) is 0 Å². The van der Waals surface area contributed by atoms with E-state index in [1.54, 1.807) is 4.68 Å². The lowest BCUT2D eigenvalue weighted by Gasteiger charge is -2.05. The van der Waals surface area contributed by atoms with Gasteiger partial charge in [-0.2, -0.15) is 4.68 Å². The molecule has 0 fully saturated rings. The second-order valence-electron chi connectivity index (χ2n) is 3.40. The van der Waals surface area contributed by atoms with Crippen molar-refractivity contribution in [3.8, 4) is 5.69 Å². The standard InChI is InChI=1S/C10H11ClN4/c1-7-3-5-9(6-4-7)15-10(8(2)11)12-13-14-15/h3-6,8H,1-2H3. The number of hydrogen-bond acceptors (Lipinski definition) is 3. The van der Waals surface area contributed by atoms with Crippen LogP contribution in [0.4, 0.5) is 0 Å². The van der Waals surface area contributed by atoms with Gasteiger partial charge in [0, 0.05) is 0 Å². The minimum absolute atomic E-state index is 0.207.